The van der Waals surface area contributed by atoms with Gasteiger partial charge in [0.15, 0.2) is 0 Å². The van der Waals surface area contributed by atoms with Gasteiger partial charge >= 0.3 is 5.97 Å². The Morgan fingerprint density at radius 2 is 2.19 bits per heavy atom. The number of rotatable bonds is 5. The van der Waals surface area contributed by atoms with E-state index in [2.05, 4.69) is 21.5 Å². The van der Waals surface area contributed by atoms with Gasteiger partial charge in [-0.15, -0.1) is 6.58 Å². The molecule has 1 heterocycles. The average molecular weight is 222 g/mol. The molecule has 0 amide bonds. The van der Waals surface area contributed by atoms with E-state index in [1.54, 1.807) is 13.0 Å². The highest BCUT2D eigenvalue weighted by molar-refractivity contribution is 5.83. The van der Waals surface area contributed by atoms with E-state index in [4.69, 9.17) is 5.11 Å². The van der Waals surface area contributed by atoms with Crippen molar-refractivity contribution in [1.29, 1.82) is 0 Å². The van der Waals surface area contributed by atoms with Crippen molar-refractivity contribution in [2.45, 2.75) is 13.8 Å². The van der Waals surface area contributed by atoms with Crippen molar-refractivity contribution >= 4 is 11.9 Å². The lowest BCUT2D eigenvalue weighted by Gasteiger charge is -2.18. The van der Waals surface area contributed by atoms with Crippen LogP contribution in [0.2, 0.25) is 0 Å². The van der Waals surface area contributed by atoms with Crippen LogP contribution in [0.3, 0.4) is 0 Å². The van der Waals surface area contributed by atoms with E-state index in [0.29, 0.717) is 24.9 Å². The van der Waals surface area contributed by atoms with E-state index in [-0.39, 0.29) is 5.82 Å². The molecule has 0 unspecified atom stereocenters. The molecule has 0 spiro atoms. The molecule has 0 aliphatic rings. The van der Waals surface area contributed by atoms with Crippen LogP contribution in [0.5, 0.6) is 0 Å². The van der Waals surface area contributed by atoms with E-state index in [0.717, 1.165) is 0 Å². The van der Waals surface area contributed by atoms with Crippen molar-refractivity contribution < 1.29 is 9.90 Å². The molecule has 1 rings (SSSR count). The Kier molecular flexibility index (Phi) is 3.93. The smallest absolute Gasteiger partial charge is 0.374 e. The Morgan fingerprint density at radius 1 is 1.50 bits per heavy atom. The first-order chi connectivity index (χ1) is 7.58. The molecule has 6 heteroatoms. The summed E-state index contributed by atoms with van der Waals surface area (Å²) >= 11 is 0. The maximum Gasteiger partial charge on any atom is 0.374 e. The van der Waals surface area contributed by atoms with Crippen molar-refractivity contribution in [3.05, 3.63) is 24.3 Å². The Morgan fingerprint density at radius 3 is 2.69 bits per heavy atom. The van der Waals surface area contributed by atoms with Gasteiger partial charge in [0.2, 0.25) is 11.8 Å². The van der Waals surface area contributed by atoms with E-state index < -0.39 is 5.97 Å². The number of aromatic carboxylic acids is 1. The summed E-state index contributed by atoms with van der Waals surface area (Å²) in [7, 11) is 0. The van der Waals surface area contributed by atoms with Gasteiger partial charge < -0.3 is 10.0 Å². The lowest BCUT2D eigenvalue weighted by atomic mass is 10.5. The Balaban J connectivity index is 3.11. The maximum absolute atomic E-state index is 10.8. The third-order valence-corrected chi connectivity index (χ3v) is 1.94. The monoisotopic (exact) mass is 222 g/mol. The molecule has 0 atom stereocenters. The molecule has 0 bridgehead atoms. The summed E-state index contributed by atoms with van der Waals surface area (Å²) in [6.07, 6.45) is 1.71. The summed E-state index contributed by atoms with van der Waals surface area (Å²) in [5.74, 6) is -0.622. The summed E-state index contributed by atoms with van der Waals surface area (Å²) < 4.78 is 0. The number of carbonyl (C=O) groups is 1. The lowest BCUT2D eigenvalue weighted by molar-refractivity contribution is 0.0683. The SMILES string of the molecule is C=CCN(CC)c1nc(C)nc(C(=O)O)n1. The molecular formula is C10H14N4O2. The van der Waals surface area contributed by atoms with Crippen LogP contribution in [0, 0.1) is 6.92 Å². The summed E-state index contributed by atoms with van der Waals surface area (Å²) in [5, 5.41) is 8.83. The van der Waals surface area contributed by atoms with Gasteiger partial charge in [-0.25, -0.2) is 9.78 Å². The van der Waals surface area contributed by atoms with Crippen LogP contribution < -0.4 is 4.90 Å². The van der Waals surface area contributed by atoms with Gasteiger partial charge in [-0.2, -0.15) is 9.97 Å². The third kappa shape index (κ3) is 2.75. The molecule has 86 valence electrons. The number of nitrogens with zero attached hydrogens (tertiary/aromatic N) is 4. The predicted molar refractivity (Wildman–Crippen MR) is 59.6 cm³/mol. The van der Waals surface area contributed by atoms with Gasteiger partial charge in [-0.1, -0.05) is 6.08 Å². The minimum absolute atomic E-state index is 0.231. The molecule has 0 aliphatic carbocycles. The number of carboxylic acid groups (broad SMARTS) is 1. The average Bonchev–Trinajstić information content (AvgIpc) is 2.24. The van der Waals surface area contributed by atoms with Crippen LogP contribution in [0.4, 0.5) is 5.95 Å². The molecule has 0 fully saturated rings. The number of carboxylic acids is 1. The van der Waals surface area contributed by atoms with Crippen LogP contribution in [0.25, 0.3) is 0 Å². The van der Waals surface area contributed by atoms with Crippen molar-refractivity contribution in [3.63, 3.8) is 0 Å². The second-order valence-electron chi connectivity index (χ2n) is 3.14. The molecule has 0 saturated carbocycles. The van der Waals surface area contributed by atoms with E-state index in [1.807, 2.05) is 11.8 Å². The highest BCUT2D eigenvalue weighted by Crippen LogP contribution is 2.07. The summed E-state index contributed by atoms with van der Waals surface area (Å²) in [6.45, 7) is 8.44. The van der Waals surface area contributed by atoms with Crippen molar-refractivity contribution in [2.24, 2.45) is 0 Å². The zero-order valence-electron chi connectivity index (χ0n) is 9.34. The molecule has 0 saturated heterocycles. The molecule has 6 nitrogen and oxygen atoms in total. The van der Waals surface area contributed by atoms with Crippen LogP contribution in [-0.4, -0.2) is 39.1 Å². The molecule has 0 aromatic carbocycles. The summed E-state index contributed by atoms with van der Waals surface area (Å²) in [5.41, 5.74) is 0. The Labute approximate surface area is 93.7 Å². The zero-order chi connectivity index (χ0) is 12.1. The van der Waals surface area contributed by atoms with Crippen molar-refractivity contribution in [1.82, 2.24) is 15.0 Å². The topological polar surface area (TPSA) is 79.2 Å². The fourth-order valence-corrected chi connectivity index (χ4v) is 1.21. The molecule has 1 N–H and O–H groups in total. The van der Waals surface area contributed by atoms with Gasteiger partial charge in [-0.3, -0.25) is 0 Å². The van der Waals surface area contributed by atoms with E-state index in [9.17, 15) is 4.79 Å². The molecule has 0 aliphatic heterocycles. The molecule has 16 heavy (non-hydrogen) atoms. The second kappa shape index (κ2) is 5.20. The number of hydrogen-bond donors (Lipinski definition) is 1. The zero-order valence-corrected chi connectivity index (χ0v) is 9.34. The van der Waals surface area contributed by atoms with Gasteiger partial charge in [0.1, 0.15) is 5.82 Å². The first-order valence-corrected chi connectivity index (χ1v) is 4.90. The molecule has 0 radical (unpaired) electrons. The minimum Gasteiger partial charge on any atom is -0.475 e. The van der Waals surface area contributed by atoms with Gasteiger partial charge in [0.05, 0.1) is 0 Å². The highest BCUT2D eigenvalue weighted by Gasteiger charge is 2.13. The van der Waals surface area contributed by atoms with Gasteiger partial charge in [0, 0.05) is 13.1 Å². The standard InChI is InChI=1S/C10H14N4O2/c1-4-6-14(5-2)10-12-7(3)11-8(13-10)9(15)16/h4H,1,5-6H2,2-3H3,(H,15,16). The Bertz CT molecular complexity index is 406. The van der Waals surface area contributed by atoms with Crippen LogP contribution in [-0.2, 0) is 0 Å². The lowest BCUT2D eigenvalue weighted by Crippen LogP contribution is -2.26. The predicted octanol–water partition coefficient (Wildman–Crippen LogP) is 0.891. The highest BCUT2D eigenvalue weighted by atomic mass is 16.4. The number of anilines is 1. The number of aryl methyl sites for hydroxylation is 1. The van der Waals surface area contributed by atoms with E-state index in [1.165, 1.54) is 0 Å². The van der Waals surface area contributed by atoms with Crippen LogP contribution in [0.15, 0.2) is 12.7 Å². The molecule has 1 aromatic rings. The molecule has 1 aromatic heterocycles. The van der Waals surface area contributed by atoms with Crippen molar-refractivity contribution in [3.8, 4) is 0 Å². The van der Waals surface area contributed by atoms with Gasteiger partial charge in [-0.05, 0) is 13.8 Å². The summed E-state index contributed by atoms with van der Waals surface area (Å²) in [6, 6.07) is 0. The van der Waals surface area contributed by atoms with E-state index >= 15 is 0 Å². The van der Waals surface area contributed by atoms with Crippen molar-refractivity contribution in [2.75, 3.05) is 18.0 Å². The normalized spacial score (nSPS) is 9.88. The summed E-state index contributed by atoms with van der Waals surface area (Å²) in [4.78, 5) is 24.3. The van der Waals surface area contributed by atoms with Gasteiger partial charge in [0.25, 0.3) is 0 Å². The first-order valence-electron chi connectivity index (χ1n) is 4.90. The number of likely N-dealkylation sites (N-methyl/N-ethyl adjacent to an activating group) is 1. The van der Waals surface area contributed by atoms with Crippen LogP contribution in [0.1, 0.15) is 23.4 Å². The number of aromatic nitrogens is 3. The largest absolute Gasteiger partial charge is 0.475 e. The number of hydrogen-bond acceptors (Lipinski definition) is 5. The van der Waals surface area contributed by atoms with Crippen LogP contribution >= 0.6 is 0 Å². The second-order valence-corrected chi connectivity index (χ2v) is 3.14. The molecular weight excluding hydrogens is 208 g/mol. The quantitative estimate of drug-likeness (QED) is 0.745. The Hall–Kier alpha value is -1.98. The maximum atomic E-state index is 10.8. The fourth-order valence-electron chi connectivity index (χ4n) is 1.21. The third-order valence-electron chi connectivity index (χ3n) is 1.94. The minimum atomic E-state index is -1.15. The fraction of sp³-hybridized carbons (Fsp3) is 0.400. The first kappa shape index (κ1) is 12.1.